The van der Waals surface area contributed by atoms with E-state index in [9.17, 15) is 0 Å². The lowest BCUT2D eigenvalue weighted by Crippen LogP contribution is -1.74. The largest absolute Gasteiger partial charge is 0.255 e. The molecular formula is C11H8BrNS. The third-order valence-electron chi connectivity index (χ3n) is 1.75. The topological polar surface area (TPSA) is 12.4 Å². The zero-order chi connectivity index (χ0) is 9.80. The van der Waals surface area contributed by atoms with Crippen molar-refractivity contribution in [3.05, 3.63) is 51.1 Å². The summed E-state index contributed by atoms with van der Waals surface area (Å²) in [4.78, 5) is 4.38. The van der Waals surface area contributed by atoms with Crippen molar-refractivity contribution in [2.24, 2.45) is 4.99 Å². The number of hydrogen-bond acceptors (Lipinski definition) is 2. The lowest BCUT2D eigenvalue weighted by atomic mass is 10.3. The molecule has 0 saturated carbocycles. The van der Waals surface area contributed by atoms with Crippen molar-refractivity contribution in [2.45, 2.75) is 0 Å². The van der Waals surface area contributed by atoms with Crippen LogP contribution in [-0.2, 0) is 0 Å². The number of rotatable bonds is 2. The van der Waals surface area contributed by atoms with E-state index in [0.29, 0.717) is 0 Å². The molecular weight excluding hydrogens is 258 g/mol. The van der Waals surface area contributed by atoms with Crippen molar-refractivity contribution in [3.8, 4) is 0 Å². The standard InChI is InChI=1S/C11H8BrNS/c12-10-3-1-2-4-11(10)13-7-9-5-6-14-8-9/h1-8H. The van der Waals surface area contributed by atoms with Crippen molar-refractivity contribution >= 4 is 39.2 Å². The van der Waals surface area contributed by atoms with E-state index in [-0.39, 0.29) is 0 Å². The predicted molar refractivity (Wildman–Crippen MR) is 65.7 cm³/mol. The Morgan fingerprint density at radius 3 is 2.79 bits per heavy atom. The number of hydrogen-bond donors (Lipinski definition) is 0. The third-order valence-corrected chi connectivity index (χ3v) is 3.12. The molecule has 2 rings (SSSR count). The normalized spacial score (nSPS) is 10.9. The quantitative estimate of drug-likeness (QED) is 0.720. The second-order valence-electron chi connectivity index (χ2n) is 2.77. The zero-order valence-electron chi connectivity index (χ0n) is 7.35. The summed E-state index contributed by atoms with van der Waals surface area (Å²) in [5.41, 5.74) is 2.10. The van der Waals surface area contributed by atoms with Crippen LogP contribution in [0.4, 0.5) is 5.69 Å². The molecule has 1 aromatic carbocycles. The van der Waals surface area contributed by atoms with Crippen molar-refractivity contribution < 1.29 is 0 Å². The minimum atomic E-state index is 0.957. The van der Waals surface area contributed by atoms with Gasteiger partial charge < -0.3 is 0 Å². The fraction of sp³-hybridized carbons (Fsp3) is 0. The highest BCUT2D eigenvalue weighted by atomic mass is 79.9. The Morgan fingerprint density at radius 2 is 2.07 bits per heavy atom. The van der Waals surface area contributed by atoms with Crippen molar-refractivity contribution in [3.63, 3.8) is 0 Å². The summed E-state index contributed by atoms with van der Waals surface area (Å²) in [6.07, 6.45) is 1.87. The van der Waals surface area contributed by atoms with Gasteiger partial charge in [-0.25, -0.2) is 0 Å². The average molecular weight is 266 g/mol. The van der Waals surface area contributed by atoms with Crippen molar-refractivity contribution in [1.82, 2.24) is 0 Å². The molecule has 3 heteroatoms. The van der Waals surface area contributed by atoms with Gasteiger partial charge in [0.1, 0.15) is 0 Å². The van der Waals surface area contributed by atoms with Gasteiger partial charge in [-0.3, -0.25) is 4.99 Å². The molecule has 0 bridgehead atoms. The van der Waals surface area contributed by atoms with Crippen LogP contribution in [0.3, 0.4) is 0 Å². The maximum Gasteiger partial charge on any atom is 0.0771 e. The fourth-order valence-corrected chi connectivity index (χ4v) is 2.05. The molecule has 70 valence electrons. The first kappa shape index (κ1) is 9.62. The zero-order valence-corrected chi connectivity index (χ0v) is 9.75. The SMILES string of the molecule is Brc1ccccc1N=Cc1ccsc1. The van der Waals surface area contributed by atoms with Crippen LogP contribution in [0, 0.1) is 0 Å². The maximum absolute atomic E-state index is 4.38. The molecule has 0 fully saturated rings. The number of para-hydroxylation sites is 1. The Balaban J connectivity index is 2.23. The Morgan fingerprint density at radius 1 is 1.21 bits per heavy atom. The maximum atomic E-state index is 4.38. The summed E-state index contributed by atoms with van der Waals surface area (Å²) in [5, 5.41) is 4.11. The highest BCUT2D eigenvalue weighted by Gasteiger charge is 1.93. The van der Waals surface area contributed by atoms with Crippen LogP contribution in [0.1, 0.15) is 5.56 Å². The first-order chi connectivity index (χ1) is 6.86. The molecule has 2 aromatic rings. The van der Waals surface area contributed by atoms with Crippen LogP contribution in [0.15, 0.2) is 50.6 Å². The molecule has 0 N–H and O–H groups in total. The molecule has 1 nitrogen and oxygen atoms in total. The number of nitrogens with zero attached hydrogens (tertiary/aromatic N) is 1. The lowest BCUT2D eigenvalue weighted by molar-refractivity contribution is 1.50. The molecule has 0 aliphatic carbocycles. The first-order valence-corrected chi connectivity index (χ1v) is 5.90. The minimum absolute atomic E-state index is 0.957. The van der Waals surface area contributed by atoms with E-state index in [1.54, 1.807) is 11.3 Å². The number of thiophene rings is 1. The van der Waals surface area contributed by atoms with Gasteiger partial charge in [-0.05, 0) is 44.9 Å². The van der Waals surface area contributed by atoms with E-state index < -0.39 is 0 Å². The van der Waals surface area contributed by atoms with Crippen LogP contribution in [0.2, 0.25) is 0 Å². The van der Waals surface area contributed by atoms with Crippen LogP contribution in [0.5, 0.6) is 0 Å². The van der Waals surface area contributed by atoms with E-state index in [0.717, 1.165) is 15.7 Å². The second-order valence-corrected chi connectivity index (χ2v) is 4.40. The van der Waals surface area contributed by atoms with Crippen LogP contribution < -0.4 is 0 Å². The Kier molecular flexibility index (Phi) is 3.11. The summed E-state index contributed by atoms with van der Waals surface area (Å²) in [6.45, 7) is 0. The van der Waals surface area contributed by atoms with Gasteiger partial charge in [0.25, 0.3) is 0 Å². The van der Waals surface area contributed by atoms with E-state index in [4.69, 9.17) is 0 Å². The highest BCUT2D eigenvalue weighted by Crippen LogP contribution is 2.24. The van der Waals surface area contributed by atoms with Crippen LogP contribution in [0.25, 0.3) is 0 Å². The summed E-state index contributed by atoms with van der Waals surface area (Å²) in [7, 11) is 0. The Hall–Kier alpha value is -0.930. The van der Waals surface area contributed by atoms with Gasteiger partial charge in [-0.1, -0.05) is 12.1 Å². The monoisotopic (exact) mass is 265 g/mol. The van der Waals surface area contributed by atoms with E-state index >= 15 is 0 Å². The van der Waals surface area contributed by atoms with Gasteiger partial charge in [0.05, 0.1) is 5.69 Å². The molecule has 0 saturated heterocycles. The molecule has 0 radical (unpaired) electrons. The molecule has 0 unspecified atom stereocenters. The minimum Gasteiger partial charge on any atom is -0.255 e. The number of aliphatic imine (C=N–C) groups is 1. The van der Waals surface area contributed by atoms with Gasteiger partial charge >= 0.3 is 0 Å². The molecule has 1 aromatic heterocycles. The summed E-state index contributed by atoms with van der Waals surface area (Å²) >= 11 is 5.13. The van der Waals surface area contributed by atoms with Gasteiger partial charge in [-0.2, -0.15) is 11.3 Å². The van der Waals surface area contributed by atoms with E-state index in [1.165, 1.54) is 0 Å². The smallest absolute Gasteiger partial charge is 0.0771 e. The predicted octanol–water partition coefficient (Wildman–Crippen LogP) is 4.26. The van der Waals surface area contributed by atoms with Gasteiger partial charge in [-0.15, -0.1) is 0 Å². The summed E-state index contributed by atoms with van der Waals surface area (Å²) in [5.74, 6) is 0. The van der Waals surface area contributed by atoms with Gasteiger partial charge in [0, 0.05) is 16.3 Å². The van der Waals surface area contributed by atoms with Crippen molar-refractivity contribution in [1.29, 1.82) is 0 Å². The third kappa shape index (κ3) is 2.30. The lowest BCUT2D eigenvalue weighted by Gasteiger charge is -1.95. The molecule has 14 heavy (non-hydrogen) atoms. The van der Waals surface area contributed by atoms with Gasteiger partial charge in [0.15, 0.2) is 0 Å². The molecule has 0 amide bonds. The highest BCUT2D eigenvalue weighted by molar-refractivity contribution is 9.10. The Bertz CT molecular complexity index is 434. The molecule has 1 heterocycles. The second kappa shape index (κ2) is 4.53. The first-order valence-electron chi connectivity index (χ1n) is 4.17. The van der Waals surface area contributed by atoms with Crippen LogP contribution >= 0.6 is 27.3 Å². The summed E-state index contributed by atoms with van der Waals surface area (Å²) < 4.78 is 1.02. The van der Waals surface area contributed by atoms with Crippen molar-refractivity contribution in [2.75, 3.05) is 0 Å². The van der Waals surface area contributed by atoms with Gasteiger partial charge in [0.2, 0.25) is 0 Å². The molecule has 0 spiro atoms. The number of benzene rings is 1. The molecule has 0 atom stereocenters. The van der Waals surface area contributed by atoms with Crippen LogP contribution in [-0.4, -0.2) is 6.21 Å². The average Bonchev–Trinajstić information content (AvgIpc) is 2.69. The molecule has 0 aliphatic rings. The summed E-state index contributed by atoms with van der Waals surface area (Å²) in [6, 6.07) is 9.97. The fourth-order valence-electron chi connectivity index (χ4n) is 1.05. The van der Waals surface area contributed by atoms with E-state index in [2.05, 4.69) is 26.3 Å². The molecule has 0 aliphatic heterocycles. The Labute approximate surface area is 95.3 Å². The van der Waals surface area contributed by atoms with E-state index in [1.807, 2.05) is 41.9 Å². The number of halogens is 1.